The van der Waals surface area contributed by atoms with Crippen LogP contribution in [0.4, 0.5) is 0 Å². The van der Waals surface area contributed by atoms with Crippen molar-refractivity contribution in [2.24, 2.45) is 7.05 Å². The molecule has 1 saturated heterocycles. The lowest BCUT2D eigenvalue weighted by molar-refractivity contribution is 0.129. The Bertz CT molecular complexity index is 452. The molecule has 24 heavy (non-hydrogen) atoms. The summed E-state index contributed by atoms with van der Waals surface area (Å²) >= 11 is 0. The van der Waals surface area contributed by atoms with Crippen molar-refractivity contribution in [2.75, 3.05) is 45.8 Å². The van der Waals surface area contributed by atoms with Crippen LogP contribution in [0.25, 0.3) is 0 Å². The van der Waals surface area contributed by atoms with Crippen LogP contribution in [-0.4, -0.2) is 82.5 Å². The number of hydrogen-bond donors (Lipinski definition) is 2. The molecular formula is C17H35N7. The Morgan fingerprint density at radius 1 is 1.04 bits per heavy atom. The molecule has 2 rings (SSSR count). The van der Waals surface area contributed by atoms with Gasteiger partial charge in [-0.25, -0.2) is 0 Å². The molecule has 1 atom stereocenters. The molecule has 1 aliphatic heterocycles. The minimum absolute atomic E-state index is 0.495. The number of rotatable bonds is 10. The fourth-order valence-electron chi connectivity index (χ4n) is 2.96. The minimum atomic E-state index is 0.495. The molecule has 7 heteroatoms. The van der Waals surface area contributed by atoms with Crippen molar-refractivity contribution in [3.63, 3.8) is 0 Å². The van der Waals surface area contributed by atoms with Gasteiger partial charge in [0.2, 0.25) is 0 Å². The average Bonchev–Trinajstić information content (AvgIpc) is 2.97. The van der Waals surface area contributed by atoms with Gasteiger partial charge >= 0.3 is 0 Å². The highest BCUT2D eigenvalue weighted by Crippen LogP contribution is 2.04. The molecule has 0 amide bonds. The fraction of sp³-hybridized carbons (Fsp3) is 0.882. The molecule has 1 aromatic rings. The van der Waals surface area contributed by atoms with Gasteiger partial charge < -0.3 is 20.1 Å². The Kier molecular flexibility index (Phi) is 8.11. The second kappa shape index (κ2) is 10.1. The van der Waals surface area contributed by atoms with Gasteiger partial charge in [0.25, 0.3) is 0 Å². The Morgan fingerprint density at radius 2 is 1.71 bits per heavy atom. The third-order valence-electron chi connectivity index (χ3n) is 4.74. The number of aromatic nitrogens is 3. The van der Waals surface area contributed by atoms with Crippen molar-refractivity contribution in [1.29, 1.82) is 0 Å². The lowest BCUT2D eigenvalue weighted by Gasteiger charge is -2.35. The maximum Gasteiger partial charge on any atom is 0.146 e. The van der Waals surface area contributed by atoms with Crippen LogP contribution in [0.15, 0.2) is 6.33 Å². The van der Waals surface area contributed by atoms with Crippen LogP contribution in [0.3, 0.4) is 0 Å². The average molecular weight is 338 g/mol. The van der Waals surface area contributed by atoms with Crippen LogP contribution in [0.5, 0.6) is 0 Å². The molecular weight excluding hydrogens is 302 g/mol. The number of aryl methyl sites for hydroxylation is 1. The normalized spacial score (nSPS) is 18.4. The van der Waals surface area contributed by atoms with Crippen LogP contribution in [0, 0.1) is 0 Å². The van der Waals surface area contributed by atoms with Crippen molar-refractivity contribution >= 4 is 0 Å². The summed E-state index contributed by atoms with van der Waals surface area (Å²) in [6.45, 7) is 15.7. The second-order valence-electron chi connectivity index (χ2n) is 7.22. The van der Waals surface area contributed by atoms with Gasteiger partial charge in [0.1, 0.15) is 12.2 Å². The maximum absolute atomic E-state index is 4.11. The van der Waals surface area contributed by atoms with E-state index in [2.05, 4.69) is 51.4 Å². The lowest BCUT2D eigenvalue weighted by atomic mass is 10.2. The zero-order valence-corrected chi connectivity index (χ0v) is 15.8. The highest BCUT2D eigenvalue weighted by Gasteiger charge is 2.17. The standard InChI is InChI=1S/C17H35N7/c1-15(2)18-6-8-24-11-9-23(10-12-24)7-5-16(3)19-13-17-21-20-14-22(17)4/h14-16,18-19H,5-13H2,1-4H3. The summed E-state index contributed by atoms with van der Waals surface area (Å²) in [4.78, 5) is 5.16. The summed E-state index contributed by atoms with van der Waals surface area (Å²) in [5.74, 6) is 0.991. The van der Waals surface area contributed by atoms with Gasteiger partial charge in [0.15, 0.2) is 0 Å². The van der Waals surface area contributed by atoms with Crippen LogP contribution in [-0.2, 0) is 13.6 Å². The van der Waals surface area contributed by atoms with E-state index in [1.54, 1.807) is 6.33 Å². The lowest BCUT2D eigenvalue weighted by Crippen LogP contribution is -2.49. The summed E-state index contributed by atoms with van der Waals surface area (Å²) < 4.78 is 1.97. The van der Waals surface area contributed by atoms with Gasteiger partial charge in [-0.3, -0.25) is 4.90 Å². The number of nitrogens with one attached hydrogen (secondary N) is 2. The van der Waals surface area contributed by atoms with E-state index in [4.69, 9.17) is 0 Å². The van der Waals surface area contributed by atoms with Gasteiger partial charge in [-0.05, 0) is 19.9 Å². The molecule has 2 heterocycles. The molecule has 1 fully saturated rings. The highest BCUT2D eigenvalue weighted by atomic mass is 15.3. The molecule has 0 bridgehead atoms. The van der Waals surface area contributed by atoms with E-state index in [1.807, 2.05) is 11.6 Å². The Balaban J connectivity index is 1.54. The molecule has 0 radical (unpaired) electrons. The minimum Gasteiger partial charge on any atom is -0.320 e. The summed E-state index contributed by atoms with van der Waals surface area (Å²) in [7, 11) is 1.98. The van der Waals surface area contributed by atoms with Gasteiger partial charge in [-0.15, -0.1) is 10.2 Å². The van der Waals surface area contributed by atoms with Crippen molar-refractivity contribution in [1.82, 2.24) is 35.2 Å². The van der Waals surface area contributed by atoms with E-state index in [0.29, 0.717) is 12.1 Å². The van der Waals surface area contributed by atoms with E-state index in [0.717, 1.165) is 18.9 Å². The van der Waals surface area contributed by atoms with Crippen LogP contribution >= 0.6 is 0 Å². The molecule has 1 aliphatic rings. The summed E-state index contributed by atoms with van der Waals surface area (Å²) in [6.07, 6.45) is 2.92. The predicted molar refractivity (Wildman–Crippen MR) is 97.9 cm³/mol. The van der Waals surface area contributed by atoms with Gasteiger partial charge in [0.05, 0.1) is 6.54 Å². The van der Waals surface area contributed by atoms with Crippen molar-refractivity contribution in [2.45, 2.75) is 45.8 Å². The first kappa shape index (κ1) is 19.3. The topological polar surface area (TPSA) is 61.2 Å². The first-order valence-electron chi connectivity index (χ1n) is 9.29. The highest BCUT2D eigenvalue weighted by molar-refractivity contribution is 4.84. The van der Waals surface area contributed by atoms with E-state index >= 15 is 0 Å². The second-order valence-corrected chi connectivity index (χ2v) is 7.22. The third-order valence-corrected chi connectivity index (χ3v) is 4.74. The molecule has 0 spiro atoms. The molecule has 0 saturated carbocycles. The molecule has 7 nitrogen and oxygen atoms in total. The smallest absolute Gasteiger partial charge is 0.146 e. The van der Waals surface area contributed by atoms with Gasteiger partial charge in [-0.2, -0.15) is 0 Å². The summed E-state index contributed by atoms with van der Waals surface area (Å²) in [6, 6.07) is 1.08. The molecule has 0 aromatic carbocycles. The van der Waals surface area contributed by atoms with Crippen LogP contribution < -0.4 is 10.6 Å². The van der Waals surface area contributed by atoms with Gasteiger partial charge in [0, 0.05) is 58.4 Å². The zero-order chi connectivity index (χ0) is 17.4. The molecule has 1 aromatic heterocycles. The largest absolute Gasteiger partial charge is 0.320 e. The van der Waals surface area contributed by atoms with Crippen LogP contribution in [0.2, 0.25) is 0 Å². The van der Waals surface area contributed by atoms with Gasteiger partial charge in [-0.1, -0.05) is 13.8 Å². The van der Waals surface area contributed by atoms with E-state index in [9.17, 15) is 0 Å². The number of hydrogen-bond acceptors (Lipinski definition) is 6. The summed E-state index contributed by atoms with van der Waals surface area (Å²) in [5.41, 5.74) is 0. The molecule has 1 unspecified atom stereocenters. The fourth-order valence-corrected chi connectivity index (χ4v) is 2.96. The quantitative estimate of drug-likeness (QED) is 0.640. The van der Waals surface area contributed by atoms with Crippen molar-refractivity contribution in [3.05, 3.63) is 12.2 Å². The number of nitrogens with zero attached hydrogens (tertiary/aromatic N) is 5. The zero-order valence-electron chi connectivity index (χ0n) is 15.8. The van der Waals surface area contributed by atoms with E-state index in [-0.39, 0.29) is 0 Å². The van der Waals surface area contributed by atoms with Crippen molar-refractivity contribution in [3.8, 4) is 0 Å². The predicted octanol–water partition coefficient (Wildman–Crippen LogP) is 0.299. The van der Waals surface area contributed by atoms with E-state index in [1.165, 1.54) is 45.7 Å². The Morgan fingerprint density at radius 3 is 2.29 bits per heavy atom. The van der Waals surface area contributed by atoms with Crippen molar-refractivity contribution < 1.29 is 0 Å². The first-order chi connectivity index (χ1) is 11.5. The molecule has 138 valence electrons. The molecule has 2 N–H and O–H groups in total. The number of piperazine rings is 1. The Labute approximate surface area is 146 Å². The first-order valence-corrected chi connectivity index (χ1v) is 9.29. The maximum atomic E-state index is 4.11. The molecule has 0 aliphatic carbocycles. The van der Waals surface area contributed by atoms with Crippen LogP contribution in [0.1, 0.15) is 33.0 Å². The summed E-state index contributed by atoms with van der Waals surface area (Å²) in [5, 5.41) is 15.1. The SMILES string of the molecule is CC(C)NCCN1CCN(CCC(C)NCc2nncn2C)CC1. The monoisotopic (exact) mass is 337 g/mol. The van der Waals surface area contributed by atoms with E-state index < -0.39 is 0 Å². The Hall–Kier alpha value is -1.02. The third kappa shape index (κ3) is 6.84.